The lowest BCUT2D eigenvalue weighted by atomic mass is 10.2. The Bertz CT molecular complexity index is 526. The van der Waals surface area contributed by atoms with Crippen molar-refractivity contribution in [3.8, 4) is 5.75 Å². The molecule has 1 aromatic heterocycles. The molecule has 0 atom stereocenters. The smallest absolute Gasteiger partial charge is 0.196 e. The minimum Gasteiger partial charge on any atom is -0.507 e. The lowest BCUT2D eigenvalue weighted by molar-refractivity contribution is 0.478. The molecule has 0 saturated heterocycles. The number of phenols is 1. The third kappa shape index (κ3) is 1.27. The summed E-state index contributed by atoms with van der Waals surface area (Å²) in [6.07, 6.45) is 0.667. The molecule has 3 heteroatoms. The summed E-state index contributed by atoms with van der Waals surface area (Å²) in [6, 6.07) is 6.22. The van der Waals surface area contributed by atoms with E-state index >= 15 is 0 Å². The van der Waals surface area contributed by atoms with Crippen molar-refractivity contribution in [2.45, 2.75) is 13.3 Å². The van der Waals surface area contributed by atoms with Gasteiger partial charge in [-0.3, -0.25) is 4.79 Å². The highest BCUT2D eigenvalue weighted by atomic mass is 16.3. The third-order valence-corrected chi connectivity index (χ3v) is 2.13. The summed E-state index contributed by atoms with van der Waals surface area (Å²) in [7, 11) is 0. The summed E-state index contributed by atoms with van der Waals surface area (Å²) in [5.74, 6) is 0.604. The second-order valence-corrected chi connectivity index (χ2v) is 3.08. The third-order valence-electron chi connectivity index (χ3n) is 2.13. The van der Waals surface area contributed by atoms with Crippen molar-refractivity contribution in [2.75, 3.05) is 0 Å². The quantitative estimate of drug-likeness (QED) is 0.748. The van der Waals surface area contributed by atoms with Crippen LogP contribution in [0.15, 0.2) is 33.5 Å². The lowest BCUT2D eigenvalue weighted by Crippen LogP contribution is -2.01. The van der Waals surface area contributed by atoms with Crippen molar-refractivity contribution >= 4 is 11.0 Å². The normalized spacial score (nSPS) is 10.6. The number of hydrogen-bond donors (Lipinski definition) is 1. The molecule has 0 aliphatic rings. The number of fused-ring (bicyclic) bond motifs is 1. The van der Waals surface area contributed by atoms with Crippen LogP contribution in [0.25, 0.3) is 11.0 Å². The largest absolute Gasteiger partial charge is 0.507 e. The number of phenolic OH excluding ortho intramolecular Hbond substituents is 1. The van der Waals surface area contributed by atoms with E-state index in [1.54, 1.807) is 12.1 Å². The first-order valence-electron chi connectivity index (χ1n) is 4.47. The van der Waals surface area contributed by atoms with E-state index in [0.29, 0.717) is 17.8 Å². The van der Waals surface area contributed by atoms with Crippen LogP contribution in [0.2, 0.25) is 0 Å². The molecule has 2 rings (SSSR count). The van der Waals surface area contributed by atoms with E-state index in [1.807, 2.05) is 6.92 Å². The first kappa shape index (κ1) is 8.81. The molecule has 0 fully saturated rings. The molecular weight excluding hydrogens is 180 g/mol. The molecule has 0 spiro atoms. The average Bonchev–Trinajstić information content (AvgIpc) is 2.17. The van der Waals surface area contributed by atoms with E-state index < -0.39 is 0 Å². The maximum atomic E-state index is 11.6. The zero-order valence-electron chi connectivity index (χ0n) is 7.78. The molecule has 0 aliphatic carbocycles. The second-order valence-electron chi connectivity index (χ2n) is 3.08. The van der Waals surface area contributed by atoms with Crippen molar-refractivity contribution in [3.63, 3.8) is 0 Å². The summed E-state index contributed by atoms with van der Waals surface area (Å²) < 4.78 is 5.41. The Kier molecular flexibility index (Phi) is 2.00. The van der Waals surface area contributed by atoms with Gasteiger partial charge in [0.05, 0.1) is 0 Å². The van der Waals surface area contributed by atoms with E-state index in [0.717, 1.165) is 0 Å². The topological polar surface area (TPSA) is 50.4 Å². The molecule has 1 N–H and O–H groups in total. The first-order valence-corrected chi connectivity index (χ1v) is 4.47. The van der Waals surface area contributed by atoms with Gasteiger partial charge in [-0.15, -0.1) is 0 Å². The summed E-state index contributed by atoms with van der Waals surface area (Å²) in [4.78, 5) is 11.6. The standard InChI is InChI=1S/C11H10O3/c1-2-7-6-9(13)11-8(12)4-3-5-10(11)14-7/h3-6,12H,2H2,1H3. The van der Waals surface area contributed by atoms with Gasteiger partial charge in [-0.25, -0.2) is 0 Å². The fraction of sp³-hybridized carbons (Fsp3) is 0.182. The van der Waals surface area contributed by atoms with Gasteiger partial charge in [0.15, 0.2) is 5.43 Å². The molecular formula is C11H10O3. The maximum absolute atomic E-state index is 11.6. The molecule has 0 saturated carbocycles. The van der Waals surface area contributed by atoms with E-state index in [9.17, 15) is 9.90 Å². The first-order chi connectivity index (χ1) is 6.72. The Hall–Kier alpha value is -1.77. The van der Waals surface area contributed by atoms with Crippen molar-refractivity contribution < 1.29 is 9.52 Å². The van der Waals surface area contributed by atoms with Crippen LogP contribution in [-0.2, 0) is 6.42 Å². The van der Waals surface area contributed by atoms with Crippen LogP contribution in [0.5, 0.6) is 5.75 Å². The van der Waals surface area contributed by atoms with Crippen molar-refractivity contribution in [1.82, 2.24) is 0 Å². The summed E-state index contributed by atoms with van der Waals surface area (Å²) in [5.41, 5.74) is 0.246. The Balaban J connectivity index is 2.90. The van der Waals surface area contributed by atoms with Gasteiger partial charge in [0.2, 0.25) is 0 Å². The Morgan fingerprint density at radius 3 is 2.93 bits per heavy atom. The lowest BCUT2D eigenvalue weighted by Gasteiger charge is -2.01. The van der Waals surface area contributed by atoms with Gasteiger partial charge < -0.3 is 9.52 Å². The van der Waals surface area contributed by atoms with Crippen LogP contribution in [0, 0.1) is 0 Å². The molecule has 0 unspecified atom stereocenters. The molecule has 14 heavy (non-hydrogen) atoms. The fourth-order valence-corrected chi connectivity index (χ4v) is 1.42. The number of benzene rings is 1. The summed E-state index contributed by atoms with van der Waals surface area (Å²) in [5, 5.41) is 9.71. The Morgan fingerprint density at radius 2 is 2.21 bits per heavy atom. The highest BCUT2D eigenvalue weighted by molar-refractivity contribution is 5.82. The molecule has 0 aliphatic heterocycles. The molecule has 3 nitrogen and oxygen atoms in total. The number of aryl methyl sites for hydroxylation is 1. The van der Waals surface area contributed by atoms with E-state index in [1.165, 1.54) is 12.1 Å². The zero-order valence-corrected chi connectivity index (χ0v) is 7.78. The molecule has 2 aromatic rings. The van der Waals surface area contributed by atoms with Gasteiger partial charge in [0.1, 0.15) is 22.5 Å². The molecule has 1 aromatic carbocycles. The highest BCUT2D eigenvalue weighted by Gasteiger charge is 2.06. The molecule has 0 radical (unpaired) electrons. The number of aromatic hydroxyl groups is 1. The van der Waals surface area contributed by atoms with Gasteiger partial charge in [-0.2, -0.15) is 0 Å². The zero-order chi connectivity index (χ0) is 10.1. The monoisotopic (exact) mass is 190 g/mol. The van der Waals surface area contributed by atoms with E-state index in [-0.39, 0.29) is 16.6 Å². The van der Waals surface area contributed by atoms with Crippen molar-refractivity contribution in [3.05, 3.63) is 40.2 Å². The predicted octanol–water partition coefficient (Wildman–Crippen LogP) is 2.06. The van der Waals surface area contributed by atoms with Gasteiger partial charge in [0, 0.05) is 12.5 Å². The maximum Gasteiger partial charge on any atom is 0.196 e. The summed E-state index contributed by atoms with van der Waals surface area (Å²) >= 11 is 0. The van der Waals surface area contributed by atoms with Crippen LogP contribution in [0.1, 0.15) is 12.7 Å². The molecule has 72 valence electrons. The van der Waals surface area contributed by atoms with Gasteiger partial charge in [-0.05, 0) is 12.1 Å². The van der Waals surface area contributed by atoms with Crippen LogP contribution >= 0.6 is 0 Å². The van der Waals surface area contributed by atoms with Gasteiger partial charge >= 0.3 is 0 Å². The Morgan fingerprint density at radius 1 is 1.43 bits per heavy atom. The van der Waals surface area contributed by atoms with Crippen LogP contribution in [0.4, 0.5) is 0 Å². The van der Waals surface area contributed by atoms with Gasteiger partial charge in [-0.1, -0.05) is 13.0 Å². The van der Waals surface area contributed by atoms with E-state index in [2.05, 4.69) is 0 Å². The summed E-state index contributed by atoms with van der Waals surface area (Å²) in [6.45, 7) is 1.91. The number of hydrogen-bond acceptors (Lipinski definition) is 3. The van der Waals surface area contributed by atoms with Crippen molar-refractivity contribution in [1.29, 1.82) is 0 Å². The van der Waals surface area contributed by atoms with Crippen LogP contribution in [-0.4, -0.2) is 5.11 Å². The second kappa shape index (κ2) is 3.18. The minimum absolute atomic E-state index is 0.0288. The van der Waals surface area contributed by atoms with Crippen LogP contribution < -0.4 is 5.43 Å². The van der Waals surface area contributed by atoms with E-state index in [4.69, 9.17) is 4.42 Å². The minimum atomic E-state index is -0.193. The number of rotatable bonds is 1. The highest BCUT2D eigenvalue weighted by Crippen LogP contribution is 2.21. The van der Waals surface area contributed by atoms with Crippen molar-refractivity contribution in [2.24, 2.45) is 0 Å². The molecule has 1 heterocycles. The molecule has 0 bridgehead atoms. The Labute approximate surface area is 80.6 Å². The average molecular weight is 190 g/mol. The van der Waals surface area contributed by atoms with Crippen LogP contribution in [0.3, 0.4) is 0 Å². The predicted molar refractivity (Wildman–Crippen MR) is 53.5 cm³/mol. The SMILES string of the molecule is CCc1cc(=O)c2c(O)cccc2o1. The van der Waals surface area contributed by atoms with Gasteiger partial charge in [0.25, 0.3) is 0 Å². The molecule has 0 amide bonds. The fourth-order valence-electron chi connectivity index (χ4n) is 1.42.